The van der Waals surface area contributed by atoms with E-state index in [2.05, 4.69) is 27.7 Å². The van der Waals surface area contributed by atoms with Crippen LogP contribution in [0.25, 0.3) is 0 Å². The van der Waals surface area contributed by atoms with Gasteiger partial charge in [0.25, 0.3) is 0 Å². The second-order valence-corrected chi connectivity index (χ2v) is 4.52. The van der Waals surface area contributed by atoms with Crippen molar-refractivity contribution in [3.63, 3.8) is 0 Å². The number of rotatable bonds is 2. The topological polar surface area (TPSA) is 32.3 Å². The Kier molecular flexibility index (Phi) is 2.94. The van der Waals surface area contributed by atoms with Gasteiger partial charge in [0.2, 0.25) is 12.6 Å². The highest BCUT2D eigenvalue weighted by Gasteiger charge is 2.25. The Morgan fingerprint density at radius 2 is 1.82 bits per heavy atom. The lowest BCUT2D eigenvalue weighted by atomic mass is 9.95. The number of aromatic nitrogens is 2. The summed E-state index contributed by atoms with van der Waals surface area (Å²) in [5.74, 6) is 0.682. The second-order valence-electron chi connectivity index (χ2n) is 4.52. The molecule has 4 heteroatoms. The minimum absolute atomic E-state index is 0.605. The van der Waals surface area contributed by atoms with Crippen molar-refractivity contribution < 1.29 is 0 Å². The summed E-state index contributed by atoms with van der Waals surface area (Å²) in [6, 6.07) is 2.43. The molecule has 0 spiro atoms. The zero-order valence-electron chi connectivity index (χ0n) is 9.79. The lowest BCUT2D eigenvalue weighted by molar-refractivity contribution is 0.261. The molecule has 1 aliphatic heterocycles. The van der Waals surface area contributed by atoms with Crippen LogP contribution in [0.15, 0.2) is 30.9 Å². The van der Waals surface area contributed by atoms with Gasteiger partial charge in [-0.05, 0) is 18.9 Å². The fourth-order valence-corrected chi connectivity index (χ4v) is 2.42. The average molecular weight is 228 g/mol. The van der Waals surface area contributed by atoms with Crippen molar-refractivity contribution in [1.29, 1.82) is 0 Å². The third-order valence-electron chi connectivity index (χ3n) is 3.34. The van der Waals surface area contributed by atoms with Crippen molar-refractivity contribution in [2.24, 2.45) is 0 Å². The molecule has 1 aromatic heterocycles. The summed E-state index contributed by atoms with van der Waals surface area (Å²) in [5, 5.41) is 0. The Bertz CT molecular complexity index is 384. The van der Waals surface area contributed by atoms with Gasteiger partial charge in [-0.2, -0.15) is 0 Å². The quantitative estimate of drug-likeness (QED) is 0.778. The smallest absolute Gasteiger partial charge is 0.231 e. The maximum atomic E-state index is 4.21. The molecule has 1 aliphatic carbocycles. The zero-order chi connectivity index (χ0) is 11.5. The van der Waals surface area contributed by atoms with E-state index >= 15 is 0 Å². The first kappa shape index (κ1) is 10.6. The minimum atomic E-state index is 0.605. The third-order valence-corrected chi connectivity index (χ3v) is 3.34. The van der Waals surface area contributed by atoms with Crippen LogP contribution in [0.4, 0.5) is 5.95 Å². The van der Waals surface area contributed by atoms with Gasteiger partial charge in [0, 0.05) is 30.8 Å². The van der Waals surface area contributed by atoms with E-state index in [1.807, 2.05) is 17.2 Å². The number of anilines is 1. The van der Waals surface area contributed by atoms with Gasteiger partial charge in [-0.15, -0.1) is 0 Å². The van der Waals surface area contributed by atoms with E-state index in [4.69, 9.17) is 0 Å². The van der Waals surface area contributed by atoms with Gasteiger partial charge in [0.15, 0.2) is 0 Å². The Morgan fingerprint density at radius 3 is 2.59 bits per heavy atom. The van der Waals surface area contributed by atoms with E-state index in [1.165, 1.54) is 32.1 Å². The highest BCUT2D eigenvalue weighted by atomic mass is 15.4. The number of nitrogens with zero attached hydrogens (tertiary/aromatic N) is 4. The van der Waals surface area contributed by atoms with Crippen LogP contribution in [0.1, 0.15) is 32.1 Å². The SMILES string of the molecule is [C]1N(c2ncccn2)C=CN1C1CCCCC1. The fourth-order valence-electron chi connectivity index (χ4n) is 2.42. The van der Waals surface area contributed by atoms with Gasteiger partial charge in [-0.1, -0.05) is 19.3 Å². The lowest BCUT2D eigenvalue weighted by Gasteiger charge is -2.30. The molecule has 0 unspecified atom stereocenters. The predicted molar refractivity (Wildman–Crippen MR) is 65.6 cm³/mol. The van der Waals surface area contributed by atoms with Crippen LogP contribution in [-0.4, -0.2) is 20.9 Å². The molecule has 0 amide bonds. The zero-order valence-corrected chi connectivity index (χ0v) is 9.79. The first-order chi connectivity index (χ1) is 8.43. The van der Waals surface area contributed by atoms with E-state index < -0.39 is 0 Å². The summed E-state index contributed by atoms with van der Waals surface area (Å²) in [6.45, 7) is 3.31. The minimum Gasteiger partial charge on any atom is -0.343 e. The van der Waals surface area contributed by atoms with Crippen LogP contribution in [0, 0.1) is 6.67 Å². The molecule has 2 aliphatic rings. The normalized spacial score (nSPS) is 21.2. The average Bonchev–Trinajstić information content (AvgIpc) is 2.90. The first-order valence-corrected chi connectivity index (χ1v) is 6.23. The summed E-state index contributed by atoms with van der Waals surface area (Å²) in [4.78, 5) is 12.5. The van der Waals surface area contributed by atoms with Crippen LogP contribution >= 0.6 is 0 Å². The number of hydrogen-bond acceptors (Lipinski definition) is 4. The van der Waals surface area contributed by atoms with Crippen LogP contribution in [-0.2, 0) is 0 Å². The highest BCUT2D eigenvalue weighted by molar-refractivity contribution is 5.39. The standard InChI is InChI=1S/C13H16N4/c1-2-5-12(6-3-1)16-9-10-17(11-16)13-14-7-4-8-15-13/h4,7-10,12H,1-3,5-6H2. The highest BCUT2D eigenvalue weighted by Crippen LogP contribution is 2.27. The van der Waals surface area contributed by atoms with Gasteiger partial charge < -0.3 is 4.90 Å². The first-order valence-electron chi connectivity index (χ1n) is 6.23. The van der Waals surface area contributed by atoms with Crippen molar-refractivity contribution in [3.05, 3.63) is 37.5 Å². The van der Waals surface area contributed by atoms with Gasteiger partial charge in [0.05, 0.1) is 0 Å². The van der Waals surface area contributed by atoms with Gasteiger partial charge >= 0.3 is 0 Å². The summed E-state index contributed by atoms with van der Waals surface area (Å²) >= 11 is 0. The largest absolute Gasteiger partial charge is 0.343 e. The van der Waals surface area contributed by atoms with Crippen molar-refractivity contribution in [1.82, 2.24) is 14.9 Å². The molecular formula is C13H16N4. The van der Waals surface area contributed by atoms with Crippen molar-refractivity contribution in [3.8, 4) is 0 Å². The van der Waals surface area contributed by atoms with E-state index in [9.17, 15) is 0 Å². The van der Waals surface area contributed by atoms with Gasteiger partial charge in [-0.3, -0.25) is 4.90 Å². The third kappa shape index (κ3) is 2.25. The summed E-state index contributed by atoms with van der Waals surface area (Å²) in [7, 11) is 0. The van der Waals surface area contributed by atoms with Crippen molar-refractivity contribution in [2.45, 2.75) is 38.1 Å². The molecule has 0 bridgehead atoms. The Morgan fingerprint density at radius 1 is 1.06 bits per heavy atom. The molecule has 2 heterocycles. The molecule has 0 atom stereocenters. The van der Waals surface area contributed by atoms with E-state index in [0.717, 1.165) is 0 Å². The molecule has 0 aromatic carbocycles. The number of hydrogen-bond donors (Lipinski definition) is 0. The van der Waals surface area contributed by atoms with Crippen LogP contribution in [0.5, 0.6) is 0 Å². The van der Waals surface area contributed by atoms with Crippen LogP contribution < -0.4 is 4.90 Å². The molecule has 0 N–H and O–H groups in total. The molecule has 0 saturated heterocycles. The summed E-state index contributed by atoms with van der Waals surface area (Å²) in [6.07, 6.45) is 14.1. The maximum absolute atomic E-state index is 4.21. The van der Waals surface area contributed by atoms with Crippen LogP contribution in [0.3, 0.4) is 0 Å². The molecule has 88 valence electrons. The maximum Gasteiger partial charge on any atom is 0.231 e. The van der Waals surface area contributed by atoms with Crippen molar-refractivity contribution >= 4 is 5.95 Å². The fraction of sp³-hybridized carbons (Fsp3) is 0.462. The Balaban J connectivity index is 1.64. The molecule has 2 radical (unpaired) electrons. The summed E-state index contributed by atoms with van der Waals surface area (Å²) < 4.78 is 0. The molecule has 17 heavy (non-hydrogen) atoms. The molecule has 3 rings (SSSR count). The Hall–Kier alpha value is -1.58. The van der Waals surface area contributed by atoms with E-state index in [1.54, 1.807) is 12.4 Å². The molecule has 1 fully saturated rings. The molecule has 1 aromatic rings. The Labute approximate surface area is 102 Å². The molecule has 4 nitrogen and oxygen atoms in total. The molecule has 1 saturated carbocycles. The molecular weight excluding hydrogens is 212 g/mol. The predicted octanol–water partition coefficient (Wildman–Crippen LogP) is 2.40. The van der Waals surface area contributed by atoms with Gasteiger partial charge in [-0.25, -0.2) is 9.97 Å². The monoisotopic (exact) mass is 228 g/mol. The van der Waals surface area contributed by atoms with Crippen LogP contribution in [0.2, 0.25) is 0 Å². The van der Waals surface area contributed by atoms with Gasteiger partial charge in [0.1, 0.15) is 0 Å². The van der Waals surface area contributed by atoms with E-state index in [0.29, 0.717) is 12.0 Å². The van der Waals surface area contributed by atoms with Crippen molar-refractivity contribution in [2.75, 3.05) is 4.90 Å². The van der Waals surface area contributed by atoms with E-state index in [-0.39, 0.29) is 0 Å². The second kappa shape index (κ2) is 4.73. The lowest BCUT2D eigenvalue weighted by Crippen LogP contribution is -2.31. The summed E-state index contributed by atoms with van der Waals surface area (Å²) in [5.41, 5.74) is 0.